The van der Waals surface area contributed by atoms with Crippen molar-refractivity contribution in [3.63, 3.8) is 0 Å². The van der Waals surface area contributed by atoms with Gasteiger partial charge in [0.25, 0.3) is 0 Å². The maximum Gasteiger partial charge on any atom is 0.231 e. The Kier molecular flexibility index (Phi) is 6.66. The number of carbonyl (C=O) groups is 2. The number of fused-ring (bicyclic) bond motifs is 1. The quantitative estimate of drug-likeness (QED) is 0.654. The molecule has 1 atom stereocenters. The van der Waals surface area contributed by atoms with Gasteiger partial charge in [-0.05, 0) is 30.7 Å². The monoisotopic (exact) mass is 431 g/mol. The molecule has 2 amide bonds. The van der Waals surface area contributed by atoms with Crippen molar-refractivity contribution in [3.05, 3.63) is 35.5 Å². The van der Waals surface area contributed by atoms with Crippen molar-refractivity contribution in [3.8, 4) is 11.1 Å². The van der Waals surface area contributed by atoms with Gasteiger partial charge in [-0.2, -0.15) is 5.10 Å². The molecule has 1 saturated heterocycles. The molecule has 0 unspecified atom stereocenters. The van der Waals surface area contributed by atoms with E-state index >= 15 is 0 Å². The van der Waals surface area contributed by atoms with E-state index in [1.165, 1.54) is 0 Å². The molecule has 1 fully saturated rings. The highest BCUT2D eigenvalue weighted by molar-refractivity contribution is 6.30. The first kappa shape index (κ1) is 20.8. The number of amides is 2. The minimum Gasteiger partial charge on any atom is -0.379 e. The van der Waals surface area contributed by atoms with E-state index in [4.69, 9.17) is 16.3 Å². The third-order valence-electron chi connectivity index (χ3n) is 5.51. The largest absolute Gasteiger partial charge is 0.379 e. The number of rotatable bonds is 7. The second-order valence-corrected chi connectivity index (χ2v) is 8.08. The van der Waals surface area contributed by atoms with E-state index in [1.54, 1.807) is 23.0 Å². The lowest BCUT2D eigenvalue weighted by Crippen LogP contribution is -2.39. The topological polar surface area (TPSA) is 88.5 Å². The van der Waals surface area contributed by atoms with E-state index in [9.17, 15) is 9.59 Å². The second-order valence-electron chi connectivity index (χ2n) is 7.64. The summed E-state index contributed by atoms with van der Waals surface area (Å²) in [6.07, 6.45) is 2.77. The number of nitrogens with zero attached hydrogens (tertiary/aromatic N) is 3. The van der Waals surface area contributed by atoms with E-state index in [1.807, 2.05) is 12.1 Å². The Morgan fingerprint density at radius 1 is 1.27 bits per heavy atom. The molecule has 2 aliphatic rings. The SMILES string of the molecule is O=C(C[C@@H]1Cn2ncc(-c3ccc(Cl)cc3)c2NC1=O)NCCCN1CCOCC1. The van der Waals surface area contributed by atoms with Gasteiger partial charge < -0.3 is 15.4 Å². The summed E-state index contributed by atoms with van der Waals surface area (Å²) in [5.41, 5.74) is 1.77. The van der Waals surface area contributed by atoms with Crippen molar-refractivity contribution in [1.82, 2.24) is 20.0 Å². The van der Waals surface area contributed by atoms with Crippen molar-refractivity contribution in [1.29, 1.82) is 0 Å². The summed E-state index contributed by atoms with van der Waals surface area (Å²) in [6, 6.07) is 7.39. The summed E-state index contributed by atoms with van der Waals surface area (Å²) in [4.78, 5) is 27.2. The Hall–Kier alpha value is -2.42. The number of nitrogens with one attached hydrogen (secondary N) is 2. The summed E-state index contributed by atoms with van der Waals surface area (Å²) in [5.74, 6) is -0.0356. The molecule has 3 heterocycles. The molecule has 1 aromatic carbocycles. The second kappa shape index (κ2) is 9.59. The maximum absolute atomic E-state index is 12.6. The molecule has 8 nitrogen and oxygen atoms in total. The Morgan fingerprint density at radius 3 is 2.80 bits per heavy atom. The third kappa shape index (κ3) is 5.00. The molecule has 4 rings (SSSR count). The fraction of sp³-hybridized carbons (Fsp3) is 0.476. The van der Waals surface area contributed by atoms with E-state index in [2.05, 4.69) is 20.6 Å². The van der Waals surface area contributed by atoms with Gasteiger partial charge in [0.2, 0.25) is 11.8 Å². The van der Waals surface area contributed by atoms with Crippen LogP contribution < -0.4 is 10.6 Å². The van der Waals surface area contributed by atoms with Crippen LogP contribution in [0.2, 0.25) is 5.02 Å². The molecule has 1 aromatic heterocycles. The normalized spacial score (nSPS) is 19.2. The fourth-order valence-corrected chi connectivity index (χ4v) is 3.94. The molecule has 2 aliphatic heterocycles. The first-order valence-electron chi connectivity index (χ1n) is 10.3. The van der Waals surface area contributed by atoms with Crippen LogP contribution in [0.25, 0.3) is 11.1 Å². The van der Waals surface area contributed by atoms with Crippen LogP contribution in [0.3, 0.4) is 0 Å². The van der Waals surface area contributed by atoms with Crippen LogP contribution in [0.5, 0.6) is 0 Å². The van der Waals surface area contributed by atoms with Gasteiger partial charge in [-0.1, -0.05) is 23.7 Å². The molecule has 2 N–H and O–H groups in total. The van der Waals surface area contributed by atoms with Crippen LogP contribution in [0.15, 0.2) is 30.5 Å². The van der Waals surface area contributed by atoms with Crippen LogP contribution in [-0.4, -0.2) is 65.9 Å². The van der Waals surface area contributed by atoms with Gasteiger partial charge in [-0.15, -0.1) is 0 Å². The molecule has 0 radical (unpaired) electrons. The van der Waals surface area contributed by atoms with Gasteiger partial charge in [0.05, 0.1) is 31.9 Å². The lowest BCUT2D eigenvalue weighted by atomic mass is 10.0. The highest BCUT2D eigenvalue weighted by Gasteiger charge is 2.30. The average Bonchev–Trinajstić information content (AvgIpc) is 3.15. The first-order valence-corrected chi connectivity index (χ1v) is 10.7. The Labute approximate surface area is 180 Å². The molecule has 9 heteroatoms. The van der Waals surface area contributed by atoms with Crippen LogP contribution in [0.4, 0.5) is 5.82 Å². The first-order chi connectivity index (χ1) is 14.6. The standard InChI is InChI=1S/C21H26ClN5O3/c22-17-4-2-15(3-5-17)18-13-24-27-14-16(21(29)25-20(18)27)12-19(28)23-6-1-7-26-8-10-30-11-9-26/h2-5,13,16H,1,6-12,14H2,(H,23,28)(H,25,29)/t16-/m1/s1. The predicted octanol–water partition coefficient (Wildman–Crippen LogP) is 2.00. The number of anilines is 1. The summed E-state index contributed by atoms with van der Waals surface area (Å²) in [5, 5.41) is 10.9. The lowest BCUT2D eigenvalue weighted by molar-refractivity contribution is -0.128. The van der Waals surface area contributed by atoms with E-state index in [0.29, 0.717) is 23.9 Å². The Balaban J connectivity index is 1.28. The Morgan fingerprint density at radius 2 is 2.03 bits per heavy atom. The molecular formula is C21H26ClN5O3. The molecule has 0 spiro atoms. The average molecular weight is 432 g/mol. The highest BCUT2D eigenvalue weighted by Crippen LogP contribution is 2.32. The molecule has 0 aliphatic carbocycles. The molecule has 160 valence electrons. The van der Waals surface area contributed by atoms with Gasteiger partial charge in [-0.25, -0.2) is 4.68 Å². The van der Waals surface area contributed by atoms with Crippen LogP contribution >= 0.6 is 11.6 Å². The number of morpholine rings is 1. The third-order valence-corrected chi connectivity index (χ3v) is 5.76. The van der Waals surface area contributed by atoms with Gasteiger partial charge in [0, 0.05) is 36.6 Å². The minimum atomic E-state index is -0.435. The number of hydrogen-bond acceptors (Lipinski definition) is 5. The number of halogens is 1. The van der Waals surface area contributed by atoms with Crippen molar-refractivity contribution < 1.29 is 14.3 Å². The summed E-state index contributed by atoms with van der Waals surface area (Å²) in [7, 11) is 0. The van der Waals surface area contributed by atoms with Gasteiger partial charge in [-0.3, -0.25) is 14.5 Å². The van der Waals surface area contributed by atoms with E-state index in [-0.39, 0.29) is 18.2 Å². The predicted molar refractivity (Wildman–Crippen MR) is 114 cm³/mol. The van der Waals surface area contributed by atoms with E-state index in [0.717, 1.165) is 50.4 Å². The zero-order valence-corrected chi connectivity index (χ0v) is 17.5. The van der Waals surface area contributed by atoms with Crippen LogP contribution in [0.1, 0.15) is 12.8 Å². The molecular weight excluding hydrogens is 406 g/mol. The fourth-order valence-electron chi connectivity index (χ4n) is 3.82. The van der Waals surface area contributed by atoms with E-state index < -0.39 is 5.92 Å². The van der Waals surface area contributed by atoms with Gasteiger partial charge >= 0.3 is 0 Å². The lowest BCUT2D eigenvalue weighted by Gasteiger charge is -2.26. The number of ether oxygens (including phenoxy) is 1. The number of carbonyl (C=O) groups excluding carboxylic acids is 2. The smallest absolute Gasteiger partial charge is 0.231 e. The Bertz CT molecular complexity index is 893. The van der Waals surface area contributed by atoms with Crippen molar-refractivity contribution in [2.75, 3.05) is 44.7 Å². The summed E-state index contributed by atoms with van der Waals surface area (Å²) < 4.78 is 7.09. The zero-order valence-electron chi connectivity index (χ0n) is 16.8. The minimum absolute atomic E-state index is 0.106. The summed E-state index contributed by atoms with van der Waals surface area (Å²) in [6.45, 7) is 5.38. The maximum atomic E-state index is 12.6. The molecule has 30 heavy (non-hydrogen) atoms. The number of hydrogen-bond donors (Lipinski definition) is 2. The highest BCUT2D eigenvalue weighted by atomic mass is 35.5. The van der Waals surface area contributed by atoms with Gasteiger partial charge in [0.1, 0.15) is 5.82 Å². The van der Waals surface area contributed by atoms with Crippen molar-refractivity contribution in [2.24, 2.45) is 5.92 Å². The van der Waals surface area contributed by atoms with Crippen molar-refractivity contribution >= 4 is 29.2 Å². The summed E-state index contributed by atoms with van der Waals surface area (Å²) >= 11 is 5.96. The zero-order chi connectivity index (χ0) is 20.9. The van der Waals surface area contributed by atoms with Gasteiger partial charge in [0.15, 0.2) is 0 Å². The number of aromatic nitrogens is 2. The van der Waals surface area contributed by atoms with Crippen LogP contribution in [0, 0.1) is 5.92 Å². The molecule has 2 aromatic rings. The molecule has 0 saturated carbocycles. The van der Waals surface area contributed by atoms with Crippen LogP contribution in [-0.2, 0) is 20.9 Å². The van der Waals surface area contributed by atoms with Crippen molar-refractivity contribution in [2.45, 2.75) is 19.4 Å². The molecule has 0 bridgehead atoms. The number of benzene rings is 1.